The highest BCUT2D eigenvalue weighted by molar-refractivity contribution is 9.10. The topological polar surface area (TPSA) is 100 Å². The molecule has 3 N–H and O–H groups in total. The van der Waals surface area contributed by atoms with E-state index in [1.165, 1.54) is 24.4 Å². The van der Waals surface area contributed by atoms with Crippen molar-refractivity contribution in [2.75, 3.05) is 11.9 Å². The normalized spacial score (nSPS) is 10.6. The molecule has 142 valence electrons. The molecule has 2 rings (SSSR count). The van der Waals surface area contributed by atoms with Crippen LogP contribution >= 0.6 is 15.9 Å². The van der Waals surface area contributed by atoms with Crippen LogP contribution in [0.1, 0.15) is 18.9 Å². The molecule has 2 aromatic carbocycles. The van der Waals surface area contributed by atoms with E-state index in [2.05, 4.69) is 31.8 Å². The number of aromatic hydroxyl groups is 1. The number of hydrogen-bond donors (Lipinski definition) is 3. The number of rotatable bonds is 7. The van der Waals surface area contributed by atoms with Crippen LogP contribution in [-0.2, 0) is 9.59 Å². The Morgan fingerprint density at radius 1 is 1.30 bits per heavy atom. The van der Waals surface area contributed by atoms with Gasteiger partial charge in [0.2, 0.25) is 11.8 Å². The maximum absolute atomic E-state index is 13.5. The van der Waals surface area contributed by atoms with Crippen molar-refractivity contribution in [3.8, 4) is 11.5 Å². The van der Waals surface area contributed by atoms with Gasteiger partial charge in [0.15, 0.2) is 11.5 Å². The number of carbonyl (C=O) groups excluding carboxylic acids is 2. The molecular formula is C18H17BrFN3O4. The molecule has 0 bridgehead atoms. The number of ether oxygens (including phenoxy) is 1. The Balaban J connectivity index is 1.91. The monoisotopic (exact) mass is 437 g/mol. The number of anilines is 1. The maximum atomic E-state index is 13.5. The second-order valence-electron chi connectivity index (χ2n) is 5.28. The number of carbonyl (C=O) groups is 2. The third kappa shape index (κ3) is 6.07. The van der Waals surface area contributed by atoms with Crippen molar-refractivity contribution in [2.24, 2.45) is 5.10 Å². The zero-order chi connectivity index (χ0) is 19.8. The number of nitrogens with zero attached hydrogens (tertiary/aromatic N) is 1. The van der Waals surface area contributed by atoms with Crippen LogP contribution in [0.2, 0.25) is 0 Å². The lowest BCUT2D eigenvalue weighted by Crippen LogP contribution is -2.24. The smallest absolute Gasteiger partial charge is 0.249 e. The average molecular weight is 438 g/mol. The molecule has 27 heavy (non-hydrogen) atoms. The van der Waals surface area contributed by atoms with Gasteiger partial charge in [0, 0.05) is 0 Å². The fourth-order valence-electron chi connectivity index (χ4n) is 2.05. The van der Waals surface area contributed by atoms with Crippen molar-refractivity contribution < 1.29 is 23.8 Å². The molecule has 0 aliphatic carbocycles. The first-order valence-electron chi connectivity index (χ1n) is 7.92. The Hall–Kier alpha value is -2.94. The van der Waals surface area contributed by atoms with E-state index in [9.17, 15) is 19.1 Å². The van der Waals surface area contributed by atoms with E-state index in [0.717, 1.165) is 0 Å². The molecule has 7 nitrogen and oxygen atoms in total. The Morgan fingerprint density at radius 3 is 2.74 bits per heavy atom. The molecular weight excluding hydrogens is 421 g/mol. The lowest BCUT2D eigenvalue weighted by molar-refractivity contribution is -0.126. The molecule has 0 atom stereocenters. The van der Waals surface area contributed by atoms with Gasteiger partial charge < -0.3 is 15.2 Å². The van der Waals surface area contributed by atoms with E-state index < -0.39 is 24.1 Å². The highest BCUT2D eigenvalue weighted by Crippen LogP contribution is 2.35. The van der Waals surface area contributed by atoms with E-state index in [4.69, 9.17) is 4.74 Å². The molecule has 0 radical (unpaired) electrons. The van der Waals surface area contributed by atoms with Gasteiger partial charge in [0.1, 0.15) is 12.2 Å². The number of phenols is 1. The Labute approximate surface area is 163 Å². The fraction of sp³-hybridized carbons (Fsp3) is 0.167. The zero-order valence-corrected chi connectivity index (χ0v) is 15.9. The fourth-order valence-corrected chi connectivity index (χ4v) is 2.51. The maximum Gasteiger partial charge on any atom is 0.249 e. The van der Waals surface area contributed by atoms with Gasteiger partial charge in [-0.15, -0.1) is 0 Å². The molecule has 9 heteroatoms. The van der Waals surface area contributed by atoms with Crippen molar-refractivity contribution in [2.45, 2.75) is 13.3 Å². The van der Waals surface area contributed by atoms with Crippen molar-refractivity contribution in [1.29, 1.82) is 0 Å². The number of phenolic OH excluding ortho intramolecular Hbond substituents is 1. The minimum atomic E-state index is -0.668. The van der Waals surface area contributed by atoms with Crippen molar-refractivity contribution in [3.63, 3.8) is 0 Å². The van der Waals surface area contributed by atoms with Crippen LogP contribution in [0.25, 0.3) is 0 Å². The second-order valence-corrected chi connectivity index (χ2v) is 6.13. The first-order chi connectivity index (χ1) is 12.9. The minimum absolute atomic E-state index is 0.00352. The predicted octanol–water partition coefficient (Wildman–Crippen LogP) is 3.17. The van der Waals surface area contributed by atoms with Gasteiger partial charge in [-0.05, 0) is 52.7 Å². The first-order valence-corrected chi connectivity index (χ1v) is 8.71. The number of benzene rings is 2. The summed E-state index contributed by atoms with van der Waals surface area (Å²) < 4.78 is 19.2. The molecule has 0 aliphatic heterocycles. The molecule has 0 aliphatic rings. The SMILES string of the molecule is CCOc1cc(C=NNC(=O)CC(=O)Nc2ccccc2F)cc(Br)c1O. The average Bonchev–Trinajstić information content (AvgIpc) is 2.61. The van der Waals surface area contributed by atoms with Crippen molar-refractivity contribution in [1.82, 2.24) is 5.43 Å². The quantitative estimate of drug-likeness (QED) is 0.351. The van der Waals surface area contributed by atoms with Crippen LogP contribution in [-0.4, -0.2) is 29.7 Å². The summed E-state index contributed by atoms with van der Waals surface area (Å²) in [4.78, 5) is 23.5. The Bertz CT molecular complexity index is 874. The number of hydrazone groups is 1. The van der Waals surface area contributed by atoms with Gasteiger partial charge in [-0.1, -0.05) is 12.1 Å². The number of amides is 2. The van der Waals surface area contributed by atoms with Crippen LogP contribution in [0.4, 0.5) is 10.1 Å². The summed E-state index contributed by atoms with van der Waals surface area (Å²) in [6, 6.07) is 8.77. The van der Waals surface area contributed by atoms with E-state index in [0.29, 0.717) is 16.6 Å². The highest BCUT2D eigenvalue weighted by Gasteiger charge is 2.11. The molecule has 0 aromatic heterocycles. The number of hydrogen-bond acceptors (Lipinski definition) is 5. The molecule has 0 fully saturated rings. The van der Waals surface area contributed by atoms with Crippen LogP contribution in [0, 0.1) is 5.82 Å². The van der Waals surface area contributed by atoms with E-state index >= 15 is 0 Å². The highest BCUT2D eigenvalue weighted by atomic mass is 79.9. The van der Waals surface area contributed by atoms with Gasteiger partial charge in [-0.2, -0.15) is 5.10 Å². The third-order valence-corrected chi connectivity index (χ3v) is 3.83. The molecule has 0 saturated heterocycles. The van der Waals surface area contributed by atoms with Crippen molar-refractivity contribution >= 4 is 39.6 Å². The van der Waals surface area contributed by atoms with Gasteiger partial charge in [0.05, 0.1) is 23.0 Å². The standard InChI is InChI=1S/C18H17BrFN3O4/c1-2-27-15-8-11(7-12(19)18(15)26)10-21-23-17(25)9-16(24)22-14-6-4-3-5-13(14)20/h3-8,10,26H,2,9H2,1H3,(H,22,24)(H,23,25). The summed E-state index contributed by atoms with van der Waals surface area (Å²) in [5.74, 6) is -1.69. The number of halogens is 2. The summed E-state index contributed by atoms with van der Waals surface area (Å²) in [5.41, 5.74) is 2.76. The minimum Gasteiger partial charge on any atom is -0.503 e. The van der Waals surface area contributed by atoms with Crippen LogP contribution in [0.5, 0.6) is 11.5 Å². The third-order valence-electron chi connectivity index (χ3n) is 3.22. The predicted molar refractivity (Wildman–Crippen MR) is 102 cm³/mol. The molecule has 0 saturated carbocycles. The molecule has 0 heterocycles. The van der Waals surface area contributed by atoms with Crippen LogP contribution in [0.15, 0.2) is 46.0 Å². The van der Waals surface area contributed by atoms with Crippen molar-refractivity contribution in [3.05, 3.63) is 52.3 Å². The molecule has 0 spiro atoms. The van der Waals surface area contributed by atoms with Gasteiger partial charge >= 0.3 is 0 Å². The summed E-state index contributed by atoms with van der Waals surface area (Å²) in [6.07, 6.45) is 0.814. The lowest BCUT2D eigenvalue weighted by Gasteiger charge is -2.08. The molecule has 0 unspecified atom stereocenters. The van der Waals surface area contributed by atoms with Gasteiger partial charge in [-0.25, -0.2) is 9.82 Å². The largest absolute Gasteiger partial charge is 0.503 e. The first kappa shape index (κ1) is 20.4. The van der Waals surface area contributed by atoms with E-state index in [1.54, 1.807) is 25.1 Å². The molecule has 2 aromatic rings. The summed E-state index contributed by atoms with van der Waals surface area (Å²) in [6.45, 7) is 2.15. The van der Waals surface area contributed by atoms with Gasteiger partial charge in [0.25, 0.3) is 0 Å². The zero-order valence-electron chi connectivity index (χ0n) is 14.3. The Morgan fingerprint density at radius 2 is 2.04 bits per heavy atom. The molecule has 2 amide bonds. The Kier molecular flexibility index (Phi) is 7.30. The summed E-state index contributed by atoms with van der Waals surface area (Å²) in [7, 11) is 0. The second kappa shape index (κ2) is 9.67. The summed E-state index contributed by atoms with van der Waals surface area (Å²) in [5, 5.41) is 15.9. The lowest BCUT2D eigenvalue weighted by atomic mass is 10.2. The van der Waals surface area contributed by atoms with Crippen LogP contribution in [0.3, 0.4) is 0 Å². The summed E-state index contributed by atoms with van der Waals surface area (Å²) >= 11 is 3.20. The number of para-hydroxylation sites is 1. The van der Waals surface area contributed by atoms with Crippen LogP contribution < -0.4 is 15.5 Å². The van der Waals surface area contributed by atoms with Gasteiger partial charge in [-0.3, -0.25) is 9.59 Å². The van der Waals surface area contributed by atoms with E-state index in [-0.39, 0.29) is 17.2 Å². The number of nitrogens with one attached hydrogen (secondary N) is 2. The van der Waals surface area contributed by atoms with E-state index in [1.807, 2.05) is 0 Å².